The summed E-state index contributed by atoms with van der Waals surface area (Å²) in [5.41, 5.74) is 8.21. The normalized spacial score (nSPS) is 16.1. The molecule has 1 aliphatic rings. The summed E-state index contributed by atoms with van der Waals surface area (Å²) in [4.78, 5) is 0. The number of aliphatic hydroxyl groups is 1. The molecule has 0 spiro atoms. The van der Waals surface area contributed by atoms with Gasteiger partial charge in [-0.05, 0) is 75.9 Å². The number of hydrogen-bond donors (Lipinski definition) is 1. The van der Waals surface area contributed by atoms with Crippen LogP contribution in [0.2, 0.25) is 0 Å². The first kappa shape index (κ1) is 27.2. The molecular weight excluding hydrogens is 477 g/mol. The number of hydrogen-bond acceptors (Lipinski definition) is 2. The molecule has 0 aliphatic carbocycles. The fourth-order valence-corrected chi connectivity index (χ4v) is 5.53. The maximum atomic E-state index is 10.5. The molecule has 5 rings (SSSR count). The molecule has 0 saturated heterocycles. The fraction of sp³-hybridized carbons (Fsp3) is 0.314. The van der Waals surface area contributed by atoms with Crippen LogP contribution in [0.3, 0.4) is 0 Å². The van der Waals surface area contributed by atoms with E-state index in [0.29, 0.717) is 7.48 Å². The lowest BCUT2D eigenvalue weighted by Crippen LogP contribution is -2.48. The lowest BCUT2D eigenvalue weighted by atomic mass is 9.71. The van der Waals surface area contributed by atoms with Gasteiger partial charge in [-0.1, -0.05) is 92.1 Å². The number of fused-ring (bicyclic) bond motifs is 3. The zero-order valence-corrected chi connectivity index (χ0v) is 24.6. The van der Waals surface area contributed by atoms with Gasteiger partial charge in [-0.3, -0.25) is 0 Å². The Kier molecular flexibility index (Phi) is 6.77. The molecule has 3 aromatic carbocycles. The predicted octanol–water partition coefficient (Wildman–Crippen LogP) is 8.36. The molecule has 1 aromatic heterocycles. The number of nitrogens with zero attached hydrogens (tertiary/aromatic N) is 1. The molecule has 0 amide bonds. The minimum absolute atomic E-state index is 0.176. The zero-order chi connectivity index (χ0) is 28.2. The first-order chi connectivity index (χ1) is 18.4. The van der Waals surface area contributed by atoms with Gasteiger partial charge < -0.3 is 14.3 Å². The largest absolute Gasteiger partial charge is 0.427 e. The second-order valence-corrected chi connectivity index (χ2v) is 12.3. The van der Waals surface area contributed by atoms with Gasteiger partial charge in [0.25, 0.3) is 0 Å². The van der Waals surface area contributed by atoms with Crippen molar-refractivity contribution in [1.82, 2.24) is 4.57 Å². The molecule has 4 aromatic rings. The molecule has 1 aliphatic heterocycles. The highest BCUT2D eigenvalue weighted by Gasteiger charge is 2.37. The highest BCUT2D eigenvalue weighted by atomic mass is 16.5. The van der Waals surface area contributed by atoms with E-state index in [1.54, 1.807) is 13.8 Å². The summed E-state index contributed by atoms with van der Waals surface area (Å²) in [6.45, 7) is 16.5. The van der Waals surface area contributed by atoms with E-state index in [-0.39, 0.29) is 5.41 Å². The third kappa shape index (κ3) is 4.50. The first-order valence-electron chi connectivity index (χ1n) is 13.9. The van der Waals surface area contributed by atoms with Gasteiger partial charge in [-0.2, -0.15) is 0 Å². The van der Waals surface area contributed by atoms with Crippen LogP contribution in [0, 0.1) is 0 Å². The molecule has 3 nitrogen and oxygen atoms in total. The number of allylic oxidation sites excluding steroid dienone is 6. The van der Waals surface area contributed by atoms with Gasteiger partial charge in [0.2, 0.25) is 0 Å². The van der Waals surface area contributed by atoms with Gasteiger partial charge in [0.1, 0.15) is 0 Å². The van der Waals surface area contributed by atoms with E-state index >= 15 is 0 Å². The summed E-state index contributed by atoms with van der Waals surface area (Å²) in [7, 11) is 0.427. The van der Waals surface area contributed by atoms with Crippen LogP contribution in [0.1, 0.15) is 61.0 Å². The number of benzene rings is 3. The second kappa shape index (κ2) is 9.69. The molecule has 0 radical (unpaired) electrons. The van der Waals surface area contributed by atoms with Crippen molar-refractivity contribution in [3.63, 3.8) is 0 Å². The Morgan fingerprint density at radius 2 is 1.59 bits per heavy atom. The molecule has 0 unspecified atom stereocenters. The van der Waals surface area contributed by atoms with Crippen molar-refractivity contribution in [3.8, 4) is 11.1 Å². The van der Waals surface area contributed by atoms with Gasteiger partial charge in [0.15, 0.2) is 0 Å². The number of aromatic nitrogens is 1. The number of rotatable bonds is 7. The monoisotopic (exact) mass is 517 g/mol. The Hall–Kier alpha value is -3.34. The third-order valence-electron chi connectivity index (χ3n) is 9.01. The van der Waals surface area contributed by atoms with Crippen molar-refractivity contribution in [2.45, 2.75) is 72.0 Å². The van der Waals surface area contributed by atoms with E-state index in [4.69, 9.17) is 4.65 Å². The van der Waals surface area contributed by atoms with E-state index in [1.807, 2.05) is 20.8 Å². The van der Waals surface area contributed by atoms with Crippen molar-refractivity contribution in [1.29, 1.82) is 0 Å². The Balaban J connectivity index is 1.68. The Bertz CT molecular complexity index is 1640. The van der Waals surface area contributed by atoms with Crippen LogP contribution in [0.15, 0.2) is 96.0 Å². The standard InChI is InChI=1S/C35H40BNO2/c1-9-25(36-39-35(7,8)34(5,6)38)19-22-29-23(2)33(3,4)31-26(24-15-11-10-12-16-24)20-21-28-27-17-13-14-18-30(27)37(29)32(28)31/h9-22,36,38H,1-8H3/b22-19-,25-9+. The van der Waals surface area contributed by atoms with E-state index in [2.05, 4.69) is 110 Å². The lowest BCUT2D eigenvalue weighted by molar-refractivity contribution is -0.0896. The molecule has 2 heterocycles. The molecule has 200 valence electrons. The van der Waals surface area contributed by atoms with Crippen LogP contribution in [-0.2, 0) is 10.1 Å². The second-order valence-electron chi connectivity index (χ2n) is 12.3. The average molecular weight is 518 g/mol. The van der Waals surface area contributed by atoms with Crippen LogP contribution >= 0.6 is 0 Å². The van der Waals surface area contributed by atoms with Gasteiger partial charge in [-0.25, -0.2) is 0 Å². The first-order valence-corrected chi connectivity index (χ1v) is 13.9. The number of para-hydroxylation sites is 1. The summed E-state index contributed by atoms with van der Waals surface area (Å²) in [5.74, 6) is 0. The average Bonchev–Trinajstić information content (AvgIpc) is 3.23. The Morgan fingerprint density at radius 3 is 2.26 bits per heavy atom. The molecular formula is C35H40BNO2. The van der Waals surface area contributed by atoms with Crippen LogP contribution in [0.25, 0.3) is 38.6 Å². The molecule has 4 heteroatoms. The smallest absolute Gasteiger partial charge is 0.309 e. The minimum atomic E-state index is -0.947. The van der Waals surface area contributed by atoms with Gasteiger partial charge in [-0.15, -0.1) is 0 Å². The lowest BCUT2D eigenvalue weighted by Gasteiger charge is -2.37. The highest BCUT2D eigenvalue weighted by molar-refractivity contribution is 6.39. The van der Waals surface area contributed by atoms with Crippen LogP contribution < -0.4 is 0 Å². The zero-order valence-electron chi connectivity index (χ0n) is 24.6. The van der Waals surface area contributed by atoms with Gasteiger partial charge in [0.05, 0.1) is 22.2 Å². The summed E-state index contributed by atoms with van der Waals surface area (Å²) >= 11 is 0. The maximum absolute atomic E-state index is 10.5. The molecule has 0 atom stereocenters. The topological polar surface area (TPSA) is 34.4 Å². The maximum Gasteiger partial charge on any atom is 0.309 e. The third-order valence-corrected chi connectivity index (χ3v) is 9.01. The van der Waals surface area contributed by atoms with E-state index in [9.17, 15) is 5.11 Å². The Labute approximate surface area is 233 Å². The predicted molar refractivity (Wildman–Crippen MR) is 168 cm³/mol. The van der Waals surface area contributed by atoms with Crippen molar-refractivity contribution < 1.29 is 9.76 Å². The van der Waals surface area contributed by atoms with Gasteiger partial charge >= 0.3 is 7.48 Å². The van der Waals surface area contributed by atoms with Crippen molar-refractivity contribution in [2.24, 2.45) is 0 Å². The quantitative estimate of drug-likeness (QED) is 0.197. The van der Waals surface area contributed by atoms with Crippen molar-refractivity contribution in [3.05, 3.63) is 102 Å². The van der Waals surface area contributed by atoms with Crippen molar-refractivity contribution in [2.75, 3.05) is 0 Å². The molecule has 0 fully saturated rings. The highest BCUT2D eigenvalue weighted by Crippen LogP contribution is 2.50. The Morgan fingerprint density at radius 1 is 0.923 bits per heavy atom. The van der Waals surface area contributed by atoms with Crippen LogP contribution in [-0.4, -0.2) is 28.4 Å². The molecule has 39 heavy (non-hydrogen) atoms. The van der Waals surface area contributed by atoms with Crippen LogP contribution in [0.5, 0.6) is 0 Å². The summed E-state index contributed by atoms with van der Waals surface area (Å²) < 4.78 is 8.65. The molecule has 0 bridgehead atoms. The van der Waals surface area contributed by atoms with E-state index < -0.39 is 11.2 Å². The summed E-state index contributed by atoms with van der Waals surface area (Å²) in [5, 5.41) is 13.1. The van der Waals surface area contributed by atoms with Crippen molar-refractivity contribution >= 4 is 35.0 Å². The fourth-order valence-electron chi connectivity index (χ4n) is 5.53. The van der Waals surface area contributed by atoms with E-state index in [1.165, 1.54) is 49.8 Å². The minimum Gasteiger partial charge on any atom is -0.427 e. The molecule has 1 N–H and O–H groups in total. The molecule has 0 saturated carbocycles. The van der Waals surface area contributed by atoms with E-state index in [0.717, 1.165) is 5.47 Å². The SMILES string of the molecule is C/C=C(BOC(C)(C)C(C)(C)O)\C=C/C1=C(C)C(C)(C)c2c(-c3ccccc3)ccc3c4ccccc4n1c23. The summed E-state index contributed by atoms with van der Waals surface area (Å²) in [6.07, 6.45) is 6.50. The van der Waals surface area contributed by atoms with Crippen LogP contribution in [0.4, 0.5) is 0 Å². The summed E-state index contributed by atoms with van der Waals surface area (Å²) in [6, 6.07) is 24.1. The van der Waals surface area contributed by atoms with Gasteiger partial charge in [0, 0.05) is 21.9 Å².